The van der Waals surface area contributed by atoms with Crippen LogP contribution in [-0.2, 0) is 14.8 Å². The van der Waals surface area contributed by atoms with Crippen LogP contribution in [0.3, 0.4) is 0 Å². The summed E-state index contributed by atoms with van der Waals surface area (Å²) in [5.74, 6) is 0. The largest absolute Gasteiger partial charge is 0.380 e. The van der Waals surface area contributed by atoms with Gasteiger partial charge in [-0.15, -0.1) is 10.2 Å². The number of ether oxygens (including phenoxy) is 1. The van der Waals surface area contributed by atoms with Crippen molar-refractivity contribution < 1.29 is 21.9 Å². The maximum absolute atomic E-state index is 13.3. The van der Waals surface area contributed by atoms with Crippen molar-refractivity contribution >= 4 is 49.6 Å². The number of hydrogen-bond donors (Lipinski definition) is 1. The number of nitrogens with one attached hydrogen (secondary N) is 1. The first-order valence-corrected chi connectivity index (χ1v) is 13.9. The van der Waals surface area contributed by atoms with E-state index >= 15 is 0 Å². The van der Waals surface area contributed by atoms with E-state index < -0.39 is 27.0 Å². The third-order valence-corrected chi connectivity index (χ3v) is 9.76. The minimum Gasteiger partial charge on any atom is -0.380 e. The lowest BCUT2D eigenvalue weighted by Crippen LogP contribution is -2.51. The average molecular weight is 556 g/mol. The van der Waals surface area contributed by atoms with Crippen LogP contribution in [0.2, 0.25) is 5.15 Å². The summed E-state index contributed by atoms with van der Waals surface area (Å²) >= 11 is 7.19. The fourth-order valence-electron chi connectivity index (χ4n) is 4.69. The van der Waals surface area contributed by atoms with Crippen LogP contribution in [0.4, 0.5) is 14.5 Å². The van der Waals surface area contributed by atoms with Crippen molar-refractivity contribution in [3.63, 3.8) is 0 Å². The maximum atomic E-state index is 13.3. The second-order valence-electron chi connectivity index (χ2n) is 9.54. The Morgan fingerprint density at radius 3 is 2.47 bits per heavy atom. The first kappa shape index (κ1) is 23.9. The van der Waals surface area contributed by atoms with E-state index in [1.165, 1.54) is 16.8 Å². The molecule has 0 atom stereocenters. The number of hydrogen-bond acceptors (Lipinski definition) is 9. The van der Waals surface area contributed by atoms with Gasteiger partial charge >= 0.3 is 0 Å². The van der Waals surface area contributed by atoms with Gasteiger partial charge in [0.1, 0.15) is 5.54 Å². The molecule has 0 bridgehead atoms. The Labute approximate surface area is 213 Å². The first-order valence-electron chi connectivity index (χ1n) is 11.3. The second-order valence-corrected chi connectivity index (χ2v) is 12.6. The normalized spacial score (nSPS) is 20.6. The van der Waals surface area contributed by atoms with Crippen molar-refractivity contribution in [3.05, 3.63) is 22.3 Å². The molecule has 2 saturated heterocycles. The van der Waals surface area contributed by atoms with Gasteiger partial charge in [0.2, 0.25) is 15.2 Å². The van der Waals surface area contributed by atoms with Crippen LogP contribution >= 0.6 is 22.9 Å². The molecule has 0 radical (unpaired) electrons. The fourth-order valence-corrected chi connectivity index (χ4v) is 7.04. The van der Waals surface area contributed by atoms with Crippen molar-refractivity contribution in [2.75, 3.05) is 31.2 Å². The molecular weight excluding hydrogens is 536 g/mol. The molecule has 2 aliphatic heterocycles. The smallest absolute Gasteiger partial charge is 0.291 e. The molecule has 10 nitrogen and oxygen atoms in total. The van der Waals surface area contributed by atoms with E-state index in [0.717, 1.165) is 12.8 Å². The number of sulfonamides is 1. The molecular formula is C21H20ClF2N7O3S2. The molecule has 36 heavy (non-hydrogen) atoms. The number of alkyl halides is 2. The number of halogens is 3. The lowest BCUT2D eigenvalue weighted by atomic mass is 9.76. The molecule has 1 N–H and O–H groups in total. The van der Waals surface area contributed by atoms with Gasteiger partial charge in [-0.1, -0.05) is 22.9 Å². The van der Waals surface area contributed by atoms with E-state index in [-0.39, 0.29) is 20.6 Å². The molecule has 190 valence electrons. The predicted octanol–water partition coefficient (Wildman–Crippen LogP) is 3.42. The van der Waals surface area contributed by atoms with Gasteiger partial charge in [0.25, 0.3) is 6.43 Å². The lowest BCUT2D eigenvalue weighted by Gasteiger charge is -2.48. The minimum atomic E-state index is -4.09. The molecule has 3 aliphatic rings. The number of benzene rings is 1. The summed E-state index contributed by atoms with van der Waals surface area (Å²) in [6, 6.07) is 4.95. The molecule has 1 aromatic carbocycles. The fraction of sp³-hybridized carbons (Fsp3) is 0.524. The van der Waals surface area contributed by atoms with Crippen LogP contribution in [0.25, 0.3) is 16.0 Å². The molecule has 1 aliphatic carbocycles. The Morgan fingerprint density at radius 2 is 1.92 bits per heavy atom. The highest BCUT2D eigenvalue weighted by atomic mass is 35.5. The van der Waals surface area contributed by atoms with Crippen LogP contribution in [0.5, 0.6) is 0 Å². The van der Waals surface area contributed by atoms with E-state index in [1.54, 1.807) is 0 Å². The van der Waals surface area contributed by atoms with Crippen LogP contribution in [0, 0.1) is 16.7 Å². The molecule has 6 rings (SSSR count). The molecule has 4 heterocycles. The average Bonchev–Trinajstić information content (AvgIpc) is 3.26. The predicted molar refractivity (Wildman–Crippen MR) is 127 cm³/mol. The zero-order valence-corrected chi connectivity index (χ0v) is 21.1. The molecule has 15 heteroatoms. The van der Waals surface area contributed by atoms with E-state index in [0.29, 0.717) is 67.1 Å². The summed E-state index contributed by atoms with van der Waals surface area (Å²) < 4.78 is 62.2. The SMILES string of the molecule is N#CC1(NS(=O)(=O)c2cc(N3CCC4(CC3)COC4)c3c(Cl)nn(-c4nnc(C(F)F)s4)c3c2)CC1. The van der Waals surface area contributed by atoms with Gasteiger partial charge in [-0.25, -0.2) is 21.9 Å². The van der Waals surface area contributed by atoms with E-state index in [4.69, 9.17) is 16.3 Å². The number of fused-ring (bicyclic) bond motifs is 1. The van der Waals surface area contributed by atoms with Gasteiger partial charge in [0.05, 0.1) is 40.8 Å². The molecule has 0 amide bonds. The summed E-state index contributed by atoms with van der Waals surface area (Å²) in [5.41, 5.74) is -0.0968. The number of nitriles is 1. The van der Waals surface area contributed by atoms with Crippen molar-refractivity contribution in [3.8, 4) is 11.2 Å². The quantitative estimate of drug-likeness (QED) is 0.490. The number of aromatic nitrogens is 4. The van der Waals surface area contributed by atoms with Gasteiger partial charge in [-0.05, 0) is 37.8 Å². The maximum Gasteiger partial charge on any atom is 0.291 e. The number of anilines is 1. The Hall–Kier alpha value is -2.44. The van der Waals surface area contributed by atoms with Gasteiger partial charge in [0.15, 0.2) is 10.2 Å². The summed E-state index contributed by atoms with van der Waals surface area (Å²) in [6.45, 7) is 2.75. The molecule has 2 aromatic heterocycles. The molecule has 1 saturated carbocycles. The Bertz CT molecular complexity index is 1500. The van der Waals surface area contributed by atoms with Crippen molar-refractivity contribution in [1.82, 2.24) is 24.7 Å². The first-order chi connectivity index (χ1) is 17.1. The van der Waals surface area contributed by atoms with Gasteiger partial charge in [-0.2, -0.15) is 15.1 Å². The van der Waals surface area contributed by atoms with Gasteiger partial charge in [-0.3, -0.25) is 0 Å². The molecule has 1 spiro atoms. The highest BCUT2D eigenvalue weighted by Crippen LogP contribution is 2.44. The number of piperidine rings is 1. The van der Waals surface area contributed by atoms with E-state index in [9.17, 15) is 22.5 Å². The van der Waals surface area contributed by atoms with Crippen LogP contribution < -0.4 is 9.62 Å². The van der Waals surface area contributed by atoms with Crippen LogP contribution in [-0.4, -0.2) is 60.2 Å². The highest BCUT2D eigenvalue weighted by molar-refractivity contribution is 7.89. The standard InChI is InChI=1S/C21H20ClF2N7O3S2/c22-16-15-13(30-5-3-20(4-6-30)10-34-11-20)7-12(36(32,33)29-21(9-25)1-2-21)8-14(15)31(28-16)19-27-26-18(35-19)17(23)24/h7-8,17,29H,1-6,10-11H2. The Balaban J connectivity index is 1.49. The van der Waals surface area contributed by atoms with Crippen molar-refractivity contribution in [2.45, 2.75) is 42.5 Å². The summed E-state index contributed by atoms with van der Waals surface area (Å²) in [4.78, 5) is 1.99. The van der Waals surface area contributed by atoms with Crippen LogP contribution in [0.1, 0.15) is 37.1 Å². The highest BCUT2D eigenvalue weighted by Gasteiger charge is 2.47. The third-order valence-electron chi connectivity index (χ3n) is 7.08. The summed E-state index contributed by atoms with van der Waals surface area (Å²) in [6.07, 6.45) is -0.193. The van der Waals surface area contributed by atoms with Crippen LogP contribution in [0.15, 0.2) is 17.0 Å². The minimum absolute atomic E-state index is 0.0376. The molecule has 3 aromatic rings. The second kappa shape index (κ2) is 8.29. The number of nitrogens with zero attached hydrogens (tertiary/aromatic N) is 6. The summed E-state index contributed by atoms with van der Waals surface area (Å²) in [7, 11) is -4.09. The zero-order chi connectivity index (χ0) is 25.3. The summed E-state index contributed by atoms with van der Waals surface area (Å²) in [5, 5.41) is 21.2. The van der Waals surface area contributed by atoms with Gasteiger partial charge in [0, 0.05) is 18.5 Å². The third kappa shape index (κ3) is 3.93. The van der Waals surface area contributed by atoms with Gasteiger partial charge < -0.3 is 9.64 Å². The number of rotatable bonds is 6. The Morgan fingerprint density at radius 1 is 1.19 bits per heavy atom. The van der Waals surface area contributed by atoms with Crippen molar-refractivity contribution in [2.24, 2.45) is 5.41 Å². The van der Waals surface area contributed by atoms with Crippen molar-refractivity contribution in [1.29, 1.82) is 5.26 Å². The molecule has 3 fully saturated rings. The van der Waals surface area contributed by atoms with E-state index in [2.05, 4.69) is 24.9 Å². The lowest BCUT2D eigenvalue weighted by molar-refractivity contribution is -0.124. The van der Waals surface area contributed by atoms with E-state index in [1.807, 2.05) is 6.07 Å². The topological polar surface area (TPSA) is 126 Å². The monoisotopic (exact) mass is 555 g/mol. The Kier molecular flexibility index (Phi) is 5.51. The molecule has 0 unspecified atom stereocenters. The zero-order valence-electron chi connectivity index (χ0n) is 18.7.